The van der Waals surface area contributed by atoms with E-state index in [9.17, 15) is 4.39 Å². The lowest BCUT2D eigenvalue weighted by atomic mass is 9.98. The summed E-state index contributed by atoms with van der Waals surface area (Å²) < 4.78 is 14.6. The quantitative estimate of drug-likeness (QED) is 0.632. The van der Waals surface area contributed by atoms with Crippen molar-refractivity contribution in [2.45, 2.75) is 19.4 Å². The van der Waals surface area contributed by atoms with Gasteiger partial charge < -0.3 is 0 Å². The molecule has 0 aliphatic rings. The molecular formula is C15H15BrClFN2. The van der Waals surface area contributed by atoms with E-state index in [0.717, 1.165) is 15.6 Å². The molecule has 0 saturated carbocycles. The maximum absolute atomic E-state index is 13.8. The first kappa shape index (κ1) is 15.4. The Hall–Kier alpha value is -0.940. The Labute approximate surface area is 131 Å². The molecule has 0 fully saturated rings. The van der Waals surface area contributed by atoms with E-state index < -0.39 is 0 Å². The second-order valence-electron chi connectivity index (χ2n) is 4.67. The summed E-state index contributed by atoms with van der Waals surface area (Å²) in [4.78, 5) is 0. The van der Waals surface area contributed by atoms with Crippen molar-refractivity contribution in [1.29, 1.82) is 0 Å². The number of aryl methyl sites for hydroxylation is 1. The number of halogens is 3. The molecule has 106 valence electrons. The van der Waals surface area contributed by atoms with Crippen LogP contribution in [0.3, 0.4) is 0 Å². The van der Waals surface area contributed by atoms with Crippen molar-refractivity contribution in [3.05, 3.63) is 68.4 Å². The Morgan fingerprint density at radius 1 is 1.30 bits per heavy atom. The third kappa shape index (κ3) is 3.58. The minimum Gasteiger partial charge on any atom is -0.271 e. The maximum Gasteiger partial charge on any atom is 0.126 e. The Bertz CT molecular complexity index is 619. The molecule has 3 N–H and O–H groups in total. The highest BCUT2D eigenvalue weighted by molar-refractivity contribution is 9.10. The normalized spacial score (nSPS) is 12.4. The molecule has 0 bridgehead atoms. The number of hydrogen-bond donors (Lipinski definition) is 2. The first-order valence-electron chi connectivity index (χ1n) is 6.17. The van der Waals surface area contributed by atoms with Crippen LogP contribution in [0, 0.1) is 12.7 Å². The fourth-order valence-electron chi connectivity index (χ4n) is 2.02. The van der Waals surface area contributed by atoms with Gasteiger partial charge in [0.2, 0.25) is 0 Å². The topological polar surface area (TPSA) is 38.0 Å². The molecule has 20 heavy (non-hydrogen) atoms. The van der Waals surface area contributed by atoms with Gasteiger partial charge in [-0.05, 0) is 54.3 Å². The number of nitrogens with one attached hydrogen (secondary N) is 1. The van der Waals surface area contributed by atoms with Crippen LogP contribution in [-0.4, -0.2) is 0 Å². The van der Waals surface area contributed by atoms with Crippen molar-refractivity contribution in [3.63, 3.8) is 0 Å². The average Bonchev–Trinajstić information content (AvgIpc) is 2.43. The molecule has 2 aromatic carbocycles. The number of nitrogens with two attached hydrogens (primary N) is 1. The van der Waals surface area contributed by atoms with Gasteiger partial charge in [0, 0.05) is 9.50 Å². The predicted octanol–water partition coefficient (Wildman–Crippen LogP) is 4.30. The van der Waals surface area contributed by atoms with Crippen LogP contribution in [0.4, 0.5) is 4.39 Å². The molecule has 0 spiro atoms. The van der Waals surface area contributed by atoms with Crippen LogP contribution < -0.4 is 11.3 Å². The fourth-order valence-corrected chi connectivity index (χ4v) is 2.62. The molecule has 0 saturated heterocycles. The van der Waals surface area contributed by atoms with Gasteiger partial charge in [0.1, 0.15) is 5.82 Å². The Balaban J connectivity index is 2.28. The lowest BCUT2D eigenvalue weighted by Gasteiger charge is -2.18. The highest BCUT2D eigenvalue weighted by Crippen LogP contribution is 2.25. The molecular weight excluding hydrogens is 343 g/mol. The zero-order valence-electron chi connectivity index (χ0n) is 11.0. The molecule has 5 heteroatoms. The van der Waals surface area contributed by atoms with Crippen molar-refractivity contribution in [1.82, 2.24) is 5.43 Å². The van der Waals surface area contributed by atoms with Gasteiger partial charge in [0.25, 0.3) is 0 Å². The van der Waals surface area contributed by atoms with Crippen LogP contribution in [-0.2, 0) is 6.42 Å². The van der Waals surface area contributed by atoms with Gasteiger partial charge in [-0.15, -0.1) is 0 Å². The molecule has 1 atom stereocenters. The SMILES string of the molecule is Cc1ccc(C(Cc2cc(Br)ccc2F)NN)cc1Cl. The number of hydrazine groups is 1. The summed E-state index contributed by atoms with van der Waals surface area (Å²) in [5.41, 5.74) is 5.25. The number of benzene rings is 2. The summed E-state index contributed by atoms with van der Waals surface area (Å²) in [5, 5.41) is 0.678. The van der Waals surface area contributed by atoms with Crippen LogP contribution in [0.15, 0.2) is 40.9 Å². The summed E-state index contributed by atoms with van der Waals surface area (Å²) in [6, 6.07) is 10.4. The van der Waals surface area contributed by atoms with Gasteiger partial charge in [0.15, 0.2) is 0 Å². The first-order valence-corrected chi connectivity index (χ1v) is 7.34. The van der Waals surface area contributed by atoms with E-state index in [4.69, 9.17) is 17.4 Å². The summed E-state index contributed by atoms with van der Waals surface area (Å²) >= 11 is 9.47. The summed E-state index contributed by atoms with van der Waals surface area (Å²) in [6.45, 7) is 1.94. The van der Waals surface area contributed by atoms with Crippen LogP contribution in [0.2, 0.25) is 5.02 Å². The van der Waals surface area contributed by atoms with E-state index >= 15 is 0 Å². The van der Waals surface area contributed by atoms with Crippen molar-refractivity contribution in [3.8, 4) is 0 Å². The van der Waals surface area contributed by atoms with Crippen LogP contribution in [0.1, 0.15) is 22.7 Å². The van der Waals surface area contributed by atoms with Gasteiger partial charge in [-0.3, -0.25) is 11.3 Å². The predicted molar refractivity (Wildman–Crippen MR) is 84.1 cm³/mol. The summed E-state index contributed by atoms with van der Waals surface area (Å²) in [7, 11) is 0. The average molecular weight is 358 g/mol. The van der Waals surface area contributed by atoms with Crippen molar-refractivity contribution >= 4 is 27.5 Å². The van der Waals surface area contributed by atoms with Crippen LogP contribution in [0.25, 0.3) is 0 Å². The van der Waals surface area contributed by atoms with Gasteiger partial charge in [-0.25, -0.2) is 4.39 Å². The largest absolute Gasteiger partial charge is 0.271 e. The molecule has 2 rings (SSSR count). The van der Waals surface area contributed by atoms with Gasteiger partial charge in [0.05, 0.1) is 6.04 Å². The zero-order valence-corrected chi connectivity index (χ0v) is 13.3. The molecule has 0 aliphatic heterocycles. The lowest BCUT2D eigenvalue weighted by Crippen LogP contribution is -2.29. The Kier molecular flexibility index (Phi) is 5.16. The standard InChI is InChI=1S/C15H15BrClFN2/c1-9-2-3-10(7-13(9)17)15(20-19)8-11-6-12(16)4-5-14(11)18/h2-7,15,20H,8,19H2,1H3. The molecule has 0 amide bonds. The molecule has 2 aromatic rings. The summed E-state index contributed by atoms with van der Waals surface area (Å²) in [5.74, 6) is 5.36. The second kappa shape index (κ2) is 6.68. The van der Waals surface area contributed by atoms with E-state index in [2.05, 4.69) is 21.4 Å². The maximum atomic E-state index is 13.8. The van der Waals surface area contributed by atoms with Gasteiger partial charge in [-0.2, -0.15) is 0 Å². The Morgan fingerprint density at radius 2 is 2.05 bits per heavy atom. The lowest BCUT2D eigenvalue weighted by molar-refractivity contribution is 0.529. The van der Waals surface area contributed by atoms with Crippen molar-refractivity contribution < 1.29 is 4.39 Å². The third-order valence-electron chi connectivity index (χ3n) is 3.23. The van der Waals surface area contributed by atoms with Crippen molar-refractivity contribution in [2.24, 2.45) is 5.84 Å². The van der Waals surface area contributed by atoms with Crippen molar-refractivity contribution in [2.75, 3.05) is 0 Å². The Morgan fingerprint density at radius 3 is 2.70 bits per heavy atom. The third-order valence-corrected chi connectivity index (χ3v) is 4.13. The zero-order chi connectivity index (χ0) is 14.7. The van der Waals surface area contributed by atoms with Gasteiger partial charge >= 0.3 is 0 Å². The van der Waals surface area contributed by atoms with E-state index in [1.807, 2.05) is 25.1 Å². The highest BCUT2D eigenvalue weighted by atomic mass is 79.9. The fraction of sp³-hybridized carbons (Fsp3) is 0.200. The van der Waals surface area contributed by atoms with E-state index in [-0.39, 0.29) is 11.9 Å². The highest BCUT2D eigenvalue weighted by Gasteiger charge is 2.14. The first-order chi connectivity index (χ1) is 9.51. The number of rotatable bonds is 4. The van der Waals surface area contributed by atoms with E-state index in [1.165, 1.54) is 6.07 Å². The minimum atomic E-state index is -0.244. The molecule has 0 aliphatic carbocycles. The molecule has 2 nitrogen and oxygen atoms in total. The summed E-state index contributed by atoms with van der Waals surface area (Å²) in [6.07, 6.45) is 0.446. The van der Waals surface area contributed by atoms with Crippen LogP contribution >= 0.6 is 27.5 Å². The molecule has 0 radical (unpaired) electrons. The van der Waals surface area contributed by atoms with Crippen LogP contribution in [0.5, 0.6) is 0 Å². The second-order valence-corrected chi connectivity index (χ2v) is 5.99. The van der Waals surface area contributed by atoms with E-state index in [0.29, 0.717) is 17.0 Å². The van der Waals surface area contributed by atoms with E-state index in [1.54, 1.807) is 12.1 Å². The molecule has 0 heterocycles. The smallest absolute Gasteiger partial charge is 0.126 e. The van der Waals surface area contributed by atoms with Gasteiger partial charge in [-0.1, -0.05) is 39.7 Å². The monoisotopic (exact) mass is 356 g/mol. The molecule has 0 aromatic heterocycles. The molecule has 1 unspecified atom stereocenters. The minimum absolute atomic E-state index is 0.197. The number of hydrogen-bond acceptors (Lipinski definition) is 2.